The maximum Gasteiger partial charge on any atom is 0.0562 e. The fraction of sp³-hybridized carbons (Fsp3) is 0.160. The number of para-hydroxylation sites is 6. The van der Waals surface area contributed by atoms with E-state index in [2.05, 4.69) is 181 Å². The average Bonchev–Trinajstić information content (AvgIpc) is 3.20. The van der Waals surface area contributed by atoms with Crippen LogP contribution in [0.4, 0.5) is 51.2 Å². The molecule has 3 aliphatic heterocycles. The topological polar surface area (TPSA) is 9.72 Å². The Kier molecular flexibility index (Phi) is 8.15. The quantitative estimate of drug-likeness (QED) is 0.183. The zero-order chi connectivity index (χ0) is 36.2. The molecule has 0 spiro atoms. The van der Waals surface area contributed by atoms with Gasteiger partial charge >= 0.3 is 0 Å². The lowest BCUT2D eigenvalue weighted by Crippen LogP contribution is -2.26. The Hall–Kier alpha value is -6.06. The van der Waals surface area contributed by atoms with Crippen LogP contribution in [-0.2, 0) is 19.3 Å². The van der Waals surface area contributed by atoms with E-state index in [0.29, 0.717) is 0 Å². The number of nitrogens with zero attached hydrogens (tertiary/aromatic N) is 3. The summed E-state index contributed by atoms with van der Waals surface area (Å²) in [4.78, 5) is 7.69. The predicted molar refractivity (Wildman–Crippen MR) is 224 cm³/mol. The molecule has 0 aromatic heterocycles. The Morgan fingerprint density at radius 1 is 0.283 bits per heavy atom. The zero-order valence-corrected chi connectivity index (χ0v) is 31.3. The van der Waals surface area contributed by atoms with Gasteiger partial charge in [0, 0.05) is 53.4 Å². The predicted octanol–water partition coefficient (Wildman–Crippen LogP) is 13.8. The van der Waals surface area contributed by atoms with E-state index < -0.39 is 0 Å². The van der Waals surface area contributed by atoms with Crippen LogP contribution in [0.2, 0.25) is 0 Å². The van der Waals surface area contributed by atoms with Crippen LogP contribution in [0.1, 0.15) is 63.9 Å². The van der Waals surface area contributed by atoms with E-state index in [1.807, 2.05) is 13.8 Å². The van der Waals surface area contributed by atoms with Gasteiger partial charge in [-0.1, -0.05) is 123 Å². The molecule has 0 saturated carbocycles. The van der Waals surface area contributed by atoms with E-state index in [4.69, 9.17) is 0 Å². The van der Waals surface area contributed by atoms with E-state index in [9.17, 15) is 0 Å². The van der Waals surface area contributed by atoms with Gasteiger partial charge in [-0.2, -0.15) is 0 Å². The Bertz CT molecular complexity index is 2090. The van der Waals surface area contributed by atoms with Crippen molar-refractivity contribution in [2.24, 2.45) is 0 Å². The summed E-state index contributed by atoms with van der Waals surface area (Å²) >= 11 is 0. The number of hydrogen-bond donors (Lipinski definition) is 0. The third-order valence-electron chi connectivity index (χ3n) is 11.3. The van der Waals surface area contributed by atoms with Gasteiger partial charge in [0.25, 0.3) is 0 Å². The monoisotopic (exact) mass is 687 g/mol. The summed E-state index contributed by atoms with van der Waals surface area (Å²) in [5, 5.41) is 0. The lowest BCUT2D eigenvalue weighted by atomic mass is 9.88. The van der Waals surface area contributed by atoms with E-state index in [1.54, 1.807) is 0 Å². The highest BCUT2D eigenvalue weighted by Gasteiger charge is 2.36. The summed E-state index contributed by atoms with van der Waals surface area (Å²) in [5.74, 6) is 0. The molecule has 10 rings (SSSR count). The van der Waals surface area contributed by atoms with E-state index in [0.717, 1.165) is 19.3 Å². The van der Waals surface area contributed by atoms with Gasteiger partial charge in [-0.25, -0.2) is 0 Å². The van der Waals surface area contributed by atoms with Gasteiger partial charge < -0.3 is 14.7 Å². The minimum absolute atomic E-state index is 0.923. The highest BCUT2D eigenvalue weighted by Crippen LogP contribution is 2.57. The first-order chi connectivity index (χ1) is 26.1. The Morgan fingerprint density at radius 3 is 0.642 bits per heavy atom. The molecule has 0 saturated heterocycles. The number of anilines is 9. The van der Waals surface area contributed by atoms with Gasteiger partial charge in [0.05, 0.1) is 17.1 Å². The molecule has 0 fully saturated rings. The molecule has 3 nitrogen and oxygen atoms in total. The molecule has 0 bridgehead atoms. The van der Waals surface area contributed by atoms with Gasteiger partial charge in [0.1, 0.15) is 0 Å². The third-order valence-corrected chi connectivity index (χ3v) is 11.3. The van der Waals surface area contributed by atoms with Crippen LogP contribution in [0.5, 0.6) is 0 Å². The van der Waals surface area contributed by atoms with Crippen molar-refractivity contribution in [2.75, 3.05) is 14.7 Å². The van der Waals surface area contributed by atoms with Crippen molar-refractivity contribution in [3.05, 3.63) is 196 Å². The molecule has 53 heavy (non-hydrogen) atoms. The van der Waals surface area contributed by atoms with Gasteiger partial charge in [-0.3, -0.25) is 0 Å². The molecule has 7 aromatic rings. The van der Waals surface area contributed by atoms with Crippen molar-refractivity contribution >= 4 is 51.2 Å². The van der Waals surface area contributed by atoms with Crippen LogP contribution in [0.15, 0.2) is 146 Å². The molecular weight excluding hydrogens is 643 g/mol. The summed E-state index contributed by atoms with van der Waals surface area (Å²) < 4.78 is 0. The second kappa shape index (κ2) is 13.2. The first-order valence-corrected chi connectivity index (χ1v) is 19.1. The van der Waals surface area contributed by atoms with E-state index in [1.165, 1.54) is 101 Å². The maximum atomic E-state index is 2.56. The SMILES string of the molecule is CC.Cc1c(N2c3ccccc3Cc3ccccc32)c(C)c(N2c3ccccc3Cc3ccccc32)c(C)c1N1c2ccccc2Cc2ccccc21. The average molecular weight is 688 g/mol. The maximum absolute atomic E-state index is 2.56. The molecule has 0 atom stereocenters. The van der Waals surface area contributed by atoms with Gasteiger partial charge in [0.2, 0.25) is 0 Å². The Labute approximate surface area is 314 Å². The lowest BCUT2D eigenvalue weighted by Gasteiger charge is -2.42. The summed E-state index contributed by atoms with van der Waals surface area (Å²) in [6.07, 6.45) is 2.77. The number of hydrogen-bond acceptors (Lipinski definition) is 3. The minimum Gasteiger partial charge on any atom is -0.309 e. The largest absolute Gasteiger partial charge is 0.309 e. The van der Waals surface area contributed by atoms with Gasteiger partial charge in [-0.05, 0) is 107 Å². The van der Waals surface area contributed by atoms with Crippen molar-refractivity contribution in [3.8, 4) is 0 Å². The van der Waals surface area contributed by atoms with Gasteiger partial charge in [-0.15, -0.1) is 0 Å². The van der Waals surface area contributed by atoms with Crippen LogP contribution in [0.3, 0.4) is 0 Å². The van der Waals surface area contributed by atoms with Crippen molar-refractivity contribution in [1.82, 2.24) is 0 Å². The number of benzene rings is 7. The second-order valence-electron chi connectivity index (χ2n) is 14.2. The van der Waals surface area contributed by atoms with Crippen LogP contribution in [-0.4, -0.2) is 0 Å². The van der Waals surface area contributed by atoms with E-state index in [-0.39, 0.29) is 0 Å². The fourth-order valence-electron chi connectivity index (χ4n) is 9.18. The highest BCUT2D eigenvalue weighted by atomic mass is 15.2. The zero-order valence-electron chi connectivity index (χ0n) is 31.3. The number of fused-ring (bicyclic) bond motifs is 6. The van der Waals surface area contributed by atoms with E-state index >= 15 is 0 Å². The second-order valence-corrected chi connectivity index (χ2v) is 14.2. The molecule has 7 aromatic carbocycles. The van der Waals surface area contributed by atoms with Crippen molar-refractivity contribution < 1.29 is 0 Å². The van der Waals surface area contributed by atoms with Crippen molar-refractivity contribution in [1.29, 1.82) is 0 Å². The third kappa shape index (κ3) is 5.10. The summed E-state index contributed by atoms with van der Waals surface area (Å²) in [5.41, 5.74) is 23.1. The number of rotatable bonds is 3. The van der Waals surface area contributed by atoms with Crippen LogP contribution in [0.25, 0.3) is 0 Å². The molecule has 0 radical (unpaired) electrons. The van der Waals surface area contributed by atoms with Crippen LogP contribution >= 0.6 is 0 Å². The van der Waals surface area contributed by atoms with Crippen molar-refractivity contribution in [3.63, 3.8) is 0 Å². The molecule has 3 heteroatoms. The molecule has 0 unspecified atom stereocenters. The highest BCUT2D eigenvalue weighted by molar-refractivity contribution is 6.00. The lowest BCUT2D eigenvalue weighted by molar-refractivity contribution is 1.04. The summed E-state index contributed by atoms with van der Waals surface area (Å²) in [6.45, 7) is 11.1. The molecule has 3 aliphatic rings. The summed E-state index contributed by atoms with van der Waals surface area (Å²) in [7, 11) is 0. The van der Waals surface area contributed by atoms with Crippen molar-refractivity contribution in [2.45, 2.75) is 53.9 Å². The van der Waals surface area contributed by atoms with Gasteiger partial charge in [0.15, 0.2) is 0 Å². The Balaban J connectivity index is 0.00000183. The Morgan fingerprint density at radius 2 is 0.453 bits per heavy atom. The molecular formula is C50H45N3. The van der Waals surface area contributed by atoms with Crippen LogP contribution in [0, 0.1) is 20.8 Å². The molecule has 0 N–H and O–H groups in total. The molecule has 0 amide bonds. The smallest absolute Gasteiger partial charge is 0.0562 e. The first-order valence-electron chi connectivity index (χ1n) is 19.1. The van der Waals surface area contributed by atoms with Crippen LogP contribution < -0.4 is 14.7 Å². The summed E-state index contributed by atoms with van der Waals surface area (Å²) in [6, 6.07) is 53.8. The molecule has 3 heterocycles. The first kappa shape index (κ1) is 32.8. The molecule has 0 aliphatic carbocycles. The molecule has 260 valence electrons. The standard InChI is InChI=1S/C48H39N3.C2H6/c1-31-46(49-40-22-10-4-16-34(40)28-35-17-5-11-23-41(35)49)32(2)48(51-44-26-14-8-20-38(44)30-39-21-9-15-27-45(39)51)33(3)47(31)50-42-24-12-6-18-36(42)29-37-19-7-13-25-43(37)50;1-2/h4-27H,28-30H2,1-3H3;1-2H3. The fourth-order valence-corrected chi connectivity index (χ4v) is 9.18. The normalized spacial score (nSPS) is 13.4. The minimum atomic E-state index is 0.923.